The van der Waals surface area contributed by atoms with E-state index in [9.17, 15) is 9.59 Å². The van der Waals surface area contributed by atoms with Crippen molar-refractivity contribution in [2.75, 3.05) is 0 Å². The highest BCUT2D eigenvalue weighted by Crippen LogP contribution is 2.69. The van der Waals surface area contributed by atoms with Gasteiger partial charge in [0.2, 0.25) is 0 Å². The van der Waals surface area contributed by atoms with E-state index in [2.05, 4.69) is 27.4 Å². The van der Waals surface area contributed by atoms with E-state index in [0.29, 0.717) is 18.1 Å². The van der Waals surface area contributed by atoms with E-state index < -0.39 is 5.41 Å². The standard InChI is InChI=1S/C20H26O2/c1-12-10-20-8-5-15-18(2,3)7-6-17(22)19(15,4)16(20)9-14(21)13(12)11-20/h9,13,15H,1,5-8,10-11H2,2-4H3. The van der Waals surface area contributed by atoms with Crippen LogP contribution in [0.2, 0.25) is 0 Å². The molecule has 0 heterocycles. The molecule has 118 valence electrons. The fourth-order valence-corrected chi connectivity index (χ4v) is 6.38. The third kappa shape index (κ3) is 1.51. The number of carbonyl (C=O) groups excluding carboxylic acids is 2. The van der Waals surface area contributed by atoms with E-state index >= 15 is 0 Å². The van der Waals surface area contributed by atoms with Gasteiger partial charge in [0.05, 0.1) is 5.41 Å². The summed E-state index contributed by atoms with van der Waals surface area (Å²) in [5.41, 5.74) is 2.09. The lowest BCUT2D eigenvalue weighted by molar-refractivity contribution is -0.142. The Hall–Kier alpha value is -1.18. The first-order valence-electron chi connectivity index (χ1n) is 8.68. The molecule has 0 aromatic heterocycles. The van der Waals surface area contributed by atoms with Crippen molar-refractivity contribution in [2.24, 2.45) is 28.1 Å². The first kappa shape index (κ1) is 14.4. The first-order chi connectivity index (χ1) is 10.2. The quantitative estimate of drug-likeness (QED) is 0.626. The number of rotatable bonds is 0. The Balaban J connectivity index is 1.90. The van der Waals surface area contributed by atoms with E-state index in [0.717, 1.165) is 37.7 Å². The van der Waals surface area contributed by atoms with Gasteiger partial charge in [-0.15, -0.1) is 0 Å². The zero-order valence-electron chi connectivity index (χ0n) is 14.0. The van der Waals surface area contributed by atoms with Crippen LogP contribution in [-0.4, -0.2) is 11.6 Å². The second-order valence-electron chi connectivity index (χ2n) is 9.04. The zero-order chi connectivity index (χ0) is 15.9. The monoisotopic (exact) mass is 298 g/mol. The Morgan fingerprint density at radius 1 is 1.18 bits per heavy atom. The van der Waals surface area contributed by atoms with Gasteiger partial charge in [0.1, 0.15) is 5.78 Å². The summed E-state index contributed by atoms with van der Waals surface area (Å²) in [6.45, 7) is 10.9. The number of Topliss-reactive ketones (excluding diaryl/α,β-unsaturated/α-hetero) is 1. The minimum Gasteiger partial charge on any atom is -0.299 e. The highest BCUT2D eigenvalue weighted by molar-refractivity contribution is 6.00. The van der Waals surface area contributed by atoms with Crippen LogP contribution in [0.5, 0.6) is 0 Å². The van der Waals surface area contributed by atoms with Crippen LogP contribution in [0.25, 0.3) is 0 Å². The van der Waals surface area contributed by atoms with Crippen LogP contribution in [0.15, 0.2) is 23.8 Å². The van der Waals surface area contributed by atoms with Crippen molar-refractivity contribution < 1.29 is 9.59 Å². The minimum absolute atomic E-state index is 0.0237. The van der Waals surface area contributed by atoms with E-state index in [1.165, 1.54) is 5.57 Å². The second kappa shape index (κ2) is 4.01. The molecule has 0 N–H and O–H groups in total. The molecule has 0 aromatic carbocycles. The number of carbonyl (C=O) groups is 2. The summed E-state index contributed by atoms with van der Waals surface area (Å²) in [7, 11) is 0. The van der Waals surface area contributed by atoms with E-state index in [1.54, 1.807) is 0 Å². The molecule has 4 aliphatic carbocycles. The normalized spacial score (nSPS) is 46.1. The van der Waals surface area contributed by atoms with Crippen LogP contribution in [0, 0.1) is 28.1 Å². The summed E-state index contributed by atoms with van der Waals surface area (Å²) in [5, 5.41) is 0. The first-order valence-corrected chi connectivity index (χ1v) is 8.68. The van der Waals surface area contributed by atoms with Crippen LogP contribution in [0.3, 0.4) is 0 Å². The second-order valence-corrected chi connectivity index (χ2v) is 9.04. The largest absolute Gasteiger partial charge is 0.299 e. The van der Waals surface area contributed by atoms with Gasteiger partial charge in [-0.05, 0) is 67.4 Å². The molecule has 2 nitrogen and oxygen atoms in total. The van der Waals surface area contributed by atoms with Gasteiger partial charge in [0.25, 0.3) is 0 Å². The average Bonchev–Trinajstić information content (AvgIpc) is 2.72. The van der Waals surface area contributed by atoms with Gasteiger partial charge in [-0.1, -0.05) is 26.0 Å². The Morgan fingerprint density at radius 3 is 2.64 bits per heavy atom. The van der Waals surface area contributed by atoms with Crippen molar-refractivity contribution in [1.29, 1.82) is 0 Å². The SMILES string of the molecule is C=C1CC23CCC4C(C)(C)CCC(=O)C4(C)C2=CC(=O)C1C3. The minimum atomic E-state index is -0.425. The number of allylic oxidation sites excluding steroid dienone is 3. The van der Waals surface area contributed by atoms with Crippen molar-refractivity contribution >= 4 is 11.6 Å². The van der Waals surface area contributed by atoms with Gasteiger partial charge < -0.3 is 0 Å². The highest BCUT2D eigenvalue weighted by atomic mass is 16.1. The van der Waals surface area contributed by atoms with E-state index in [1.807, 2.05) is 6.08 Å². The molecule has 4 atom stereocenters. The summed E-state index contributed by atoms with van der Waals surface area (Å²) in [6, 6.07) is 0. The maximum atomic E-state index is 13.0. The summed E-state index contributed by atoms with van der Waals surface area (Å²) in [5.74, 6) is 0.962. The van der Waals surface area contributed by atoms with Crippen molar-refractivity contribution in [3.05, 3.63) is 23.8 Å². The molecule has 22 heavy (non-hydrogen) atoms. The van der Waals surface area contributed by atoms with Crippen molar-refractivity contribution in [1.82, 2.24) is 0 Å². The Labute approximate surface area is 133 Å². The van der Waals surface area contributed by atoms with Crippen molar-refractivity contribution in [3.8, 4) is 0 Å². The molecule has 4 aliphatic rings. The smallest absolute Gasteiger partial charge is 0.162 e. The van der Waals surface area contributed by atoms with Gasteiger partial charge in [-0.2, -0.15) is 0 Å². The Bertz CT molecular complexity index is 638. The molecular weight excluding hydrogens is 272 g/mol. The van der Waals surface area contributed by atoms with Crippen LogP contribution in [0.4, 0.5) is 0 Å². The van der Waals surface area contributed by atoms with Gasteiger partial charge in [-0.25, -0.2) is 0 Å². The molecule has 0 aromatic rings. The molecule has 0 amide bonds. The number of fused-ring (bicyclic) bond motifs is 3. The zero-order valence-corrected chi connectivity index (χ0v) is 14.0. The summed E-state index contributed by atoms with van der Waals surface area (Å²) >= 11 is 0. The number of ketones is 2. The van der Waals surface area contributed by atoms with Crippen molar-refractivity contribution in [2.45, 2.75) is 59.3 Å². The van der Waals surface area contributed by atoms with Gasteiger partial charge in [-0.3, -0.25) is 9.59 Å². The van der Waals surface area contributed by atoms with E-state index in [4.69, 9.17) is 0 Å². The molecule has 1 spiro atoms. The number of hydrogen-bond acceptors (Lipinski definition) is 2. The summed E-state index contributed by atoms with van der Waals surface area (Å²) in [6.07, 6.45) is 7.58. The molecule has 3 saturated carbocycles. The van der Waals surface area contributed by atoms with E-state index in [-0.39, 0.29) is 22.5 Å². The maximum absolute atomic E-state index is 13.0. The predicted molar refractivity (Wildman–Crippen MR) is 86.2 cm³/mol. The maximum Gasteiger partial charge on any atom is 0.162 e. The molecule has 0 radical (unpaired) electrons. The number of hydrogen-bond donors (Lipinski definition) is 0. The van der Waals surface area contributed by atoms with Gasteiger partial charge in [0.15, 0.2) is 5.78 Å². The molecule has 4 rings (SSSR count). The molecule has 0 saturated heterocycles. The topological polar surface area (TPSA) is 34.1 Å². The predicted octanol–water partition coefficient (Wildman–Crippen LogP) is 4.25. The third-order valence-electron chi connectivity index (χ3n) is 7.54. The van der Waals surface area contributed by atoms with Crippen LogP contribution in [0.1, 0.15) is 59.3 Å². The fourth-order valence-electron chi connectivity index (χ4n) is 6.38. The molecule has 2 heteroatoms. The van der Waals surface area contributed by atoms with Gasteiger partial charge in [0, 0.05) is 12.3 Å². The highest BCUT2D eigenvalue weighted by Gasteiger charge is 2.63. The lowest BCUT2D eigenvalue weighted by Crippen LogP contribution is -2.55. The Morgan fingerprint density at radius 2 is 1.91 bits per heavy atom. The third-order valence-corrected chi connectivity index (χ3v) is 7.54. The molecular formula is C20H26O2. The summed E-state index contributed by atoms with van der Waals surface area (Å²) in [4.78, 5) is 25.5. The summed E-state index contributed by atoms with van der Waals surface area (Å²) < 4.78 is 0. The molecule has 2 bridgehead atoms. The lowest BCUT2D eigenvalue weighted by Gasteiger charge is -2.59. The van der Waals surface area contributed by atoms with Gasteiger partial charge >= 0.3 is 0 Å². The molecule has 0 aliphatic heterocycles. The van der Waals surface area contributed by atoms with Crippen LogP contribution in [-0.2, 0) is 9.59 Å². The molecule has 4 unspecified atom stereocenters. The Kier molecular flexibility index (Phi) is 2.63. The van der Waals surface area contributed by atoms with Crippen LogP contribution >= 0.6 is 0 Å². The van der Waals surface area contributed by atoms with Crippen molar-refractivity contribution in [3.63, 3.8) is 0 Å². The average molecular weight is 298 g/mol. The van der Waals surface area contributed by atoms with Crippen LogP contribution < -0.4 is 0 Å². The fraction of sp³-hybridized carbons (Fsp3) is 0.700. The lowest BCUT2D eigenvalue weighted by atomic mass is 9.44. The molecule has 3 fully saturated rings.